The maximum Gasteiger partial charge on any atom is 0.251 e. The molecule has 2 rings (SSSR count). The Hall–Kier alpha value is -1.72. The van der Waals surface area contributed by atoms with Crippen LogP contribution in [0.4, 0.5) is 0 Å². The van der Waals surface area contributed by atoms with Crippen molar-refractivity contribution in [2.45, 2.75) is 6.42 Å². The van der Waals surface area contributed by atoms with Crippen LogP contribution in [-0.2, 0) is 6.42 Å². The van der Waals surface area contributed by atoms with Gasteiger partial charge in [0, 0.05) is 21.6 Å². The summed E-state index contributed by atoms with van der Waals surface area (Å²) in [6.07, 6.45) is 0.667. The lowest BCUT2D eigenvalue weighted by atomic mass is 10.1. The minimum Gasteiger partial charge on any atom is -0.493 e. The third-order valence-corrected chi connectivity index (χ3v) is 4.33. The Morgan fingerprint density at radius 3 is 2.35 bits per heavy atom. The number of nitrogens with one attached hydrogen (secondary N) is 1. The molecule has 0 heterocycles. The van der Waals surface area contributed by atoms with Gasteiger partial charge in [0.2, 0.25) is 0 Å². The lowest BCUT2D eigenvalue weighted by Crippen LogP contribution is -2.25. The van der Waals surface area contributed by atoms with Crippen LogP contribution < -0.4 is 14.8 Å². The van der Waals surface area contributed by atoms with Gasteiger partial charge in [-0.15, -0.1) is 0 Å². The molecule has 0 aliphatic carbocycles. The van der Waals surface area contributed by atoms with Crippen LogP contribution in [0.5, 0.6) is 11.5 Å². The summed E-state index contributed by atoms with van der Waals surface area (Å²) in [4.78, 5) is 12.0. The van der Waals surface area contributed by atoms with Crippen molar-refractivity contribution < 1.29 is 14.3 Å². The van der Waals surface area contributed by atoms with Crippen molar-refractivity contribution in [2.75, 3.05) is 20.8 Å². The summed E-state index contributed by atoms with van der Waals surface area (Å²) in [6, 6.07) is 10.5. The third kappa shape index (κ3) is 4.62. The molecular formula is C17H17BrClNO3. The first-order valence-corrected chi connectivity index (χ1v) is 8.16. The van der Waals surface area contributed by atoms with Crippen molar-refractivity contribution in [1.82, 2.24) is 5.32 Å². The van der Waals surface area contributed by atoms with Gasteiger partial charge in [0.15, 0.2) is 11.5 Å². The molecule has 1 amide bonds. The number of hydrogen-bond donors (Lipinski definition) is 1. The van der Waals surface area contributed by atoms with E-state index in [1.54, 1.807) is 38.5 Å². The zero-order valence-electron chi connectivity index (χ0n) is 12.9. The van der Waals surface area contributed by atoms with E-state index in [1.807, 2.05) is 12.1 Å². The van der Waals surface area contributed by atoms with Crippen molar-refractivity contribution >= 4 is 33.4 Å². The van der Waals surface area contributed by atoms with Crippen LogP contribution >= 0.6 is 27.5 Å². The summed E-state index contributed by atoms with van der Waals surface area (Å²) >= 11 is 9.32. The number of carbonyl (C=O) groups is 1. The largest absolute Gasteiger partial charge is 0.493 e. The molecule has 0 aliphatic rings. The second-order valence-electron chi connectivity index (χ2n) is 4.81. The van der Waals surface area contributed by atoms with E-state index >= 15 is 0 Å². The molecule has 2 aromatic carbocycles. The molecule has 0 bridgehead atoms. The standard InChI is InChI=1S/C17H17BrClNO3/c1-22-15-9-12(14(18)10-16(15)23-2)7-8-20-17(21)11-3-5-13(19)6-4-11/h3-6,9-10H,7-8H2,1-2H3,(H,20,21). The van der Waals surface area contributed by atoms with E-state index in [-0.39, 0.29) is 5.91 Å². The molecule has 122 valence electrons. The highest BCUT2D eigenvalue weighted by atomic mass is 79.9. The average Bonchev–Trinajstić information content (AvgIpc) is 2.56. The summed E-state index contributed by atoms with van der Waals surface area (Å²) in [5.41, 5.74) is 1.61. The number of amides is 1. The topological polar surface area (TPSA) is 47.6 Å². The second kappa shape index (κ2) is 8.22. The van der Waals surface area contributed by atoms with Crippen LogP contribution in [0.25, 0.3) is 0 Å². The molecule has 2 aromatic rings. The third-order valence-electron chi connectivity index (χ3n) is 3.34. The van der Waals surface area contributed by atoms with Gasteiger partial charge in [0.25, 0.3) is 5.91 Å². The van der Waals surface area contributed by atoms with Gasteiger partial charge in [-0.2, -0.15) is 0 Å². The molecule has 0 unspecified atom stereocenters. The van der Waals surface area contributed by atoms with E-state index < -0.39 is 0 Å². The number of methoxy groups -OCH3 is 2. The predicted molar refractivity (Wildman–Crippen MR) is 94.7 cm³/mol. The average molecular weight is 399 g/mol. The van der Waals surface area contributed by atoms with Crippen LogP contribution in [0.2, 0.25) is 5.02 Å². The monoisotopic (exact) mass is 397 g/mol. The smallest absolute Gasteiger partial charge is 0.251 e. The van der Waals surface area contributed by atoms with Gasteiger partial charge in [0.1, 0.15) is 0 Å². The van der Waals surface area contributed by atoms with Gasteiger partial charge in [-0.1, -0.05) is 27.5 Å². The van der Waals surface area contributed by atoms with E-state index in [0.29, 0.717) is 35.1 Å². The molecule has 6 heteroatoms. The summed E-state index contributed by atoms with van der Waals surface area (Å²) in [5, 5.41) is 3.49. The number of rotatable bonds is 6. The molecule has 0 saturated carbocycles. The van der Waals surface area contributed by atoms with Gasteiger partial charge >= 0.3 is 0 Å². The number of ether oxygens (including phenoxy) is 2. The molecular weight excluding hydrogens is 382 g/mol. The maximum atomic E-state index is 12.0. The van der Waals surface area contributed by atoms with Crippen molar-refractivity contribution in [2.24, 2.45) is 0 Å². The first-order valence-electron chi connectivity index (χ1n) is 6.99. The van der Waals surface area contributed by atoms with Gasteiger partial charge in [-0.25, -0.2) is 0 Å². The first-order chi connectivity index (χ1) is 11.0. The van der Waals surface area contributed by atoms with Crippen LogP contribution in [0.15, 0.2) is 40.9 Å². The van der Waals surface area contributed by atoms with Crippen LogP contribution in [0, 0.1) is 0 Å². The fourth-order valence-electron chi connectivity index (χ4n) is 2.10. The number of carbonyl (C=O) groups excluding carboxylic acids is 1. The summed E-state index contributed by atoms with van der Waals surface area (Å²) in [6.45, 7) is 0.509. The molecule has 0 radical (unpaired) electrons. The van der Waals surface area contributed by atoms with E-state index in [4.69, 9.17) is 21.1 Å². The lowest BCUT2D eigenvalue weighted by molar-refractivity contribution is 0.0954. The normalized spacial score (nSPS) is 10.3. The highest BCUT2D eigenvalue weighted by molar-refractivity contribution is 9.10. The minimum absolute atomic E-state index is 0.127. The quantitative estimate of drug-likeness (QED) is 0.797. The Labute approximate surface area is 148 Å². The molecule has 0 fully saturated rings. The fraction of sp³-hybridized carbons (Fsp3) is 0.235. The molecule has 0 aromatic heterocycles. The first kappa shape index (κ1) is 17.6. The molecule has 0 aliphatic heterocycles. The minimum atomic E-state index is -0.127. The Morgan fingerprint density at radius 1 is 1.13 bits per heavy atom. The van der Waals surface area contributed by atoms with Crippen molar-refractivity contribution in [3.05, 3.63) is 57.0 Å². The zero-order chi connectivity index (χ0) is 16.8. The molecule has 0 spiro atoms. The molecule has 1 N–H and O–H groups in total. The Kier molecular flexibility index (Phi) is 6.30. The highest BCUT2D eigenvalue weighted by Crippen LogP contribution is 2.33. The summed E-state index contributed by atoms with van der Waals surface area (Å²) < 4.78 is 11.5. The Morgan fingerprint density at radius 2 is 1.74 bits per heavy atom. The Balaban J connectivity index is 1.98. The van der Waals surface area contributed by atoms with Crippen LogP contribution in [-0.4, -0.2) is 26.7 Å². The molecule has 4 nitrogen and oxygen atoms in total. The summed E-state index contributed by atoms with van der Waals surface area (Å²) in [5.74, 6) is 1.20. The zero-order valence-corrected chi connectivity index (χ0v) is 15.2. The number of halogens is 2. The molecule has 0 saturated heterocycles. The number of benzene rings is 2. The van der Waals surface area contributed by atoms with Gasteiger partial charge in [-0.05, 0) is 48.4 Å². The van der Waals surface area contributed by atoms with Gasteiger partial charge in [0.05, 0.1) is 14.2 Å². The second-order valence-corrected chi connectivity index (χ2v) is 6.10. The Bertz CT molecular complexity index is 689. The van der Waals surface area contributed by atoms with E-state index in [1.165, 1.54) is 0 Å². The van der Waals surface area contributed by atoms with Gasteiger partial charge in [-0.3, -0.25) is 4.79 Å². The number of hydrogen-bond acceptors (Lipinski definition) is 3. The van der Waals surface area contributed by atoms with Crippen molar-refractivity contribution in [1.29, 1.82) is 0 Å². The van der Waals surface area contributed by atoms with E-state index in [9.17, 15) is 4.79 Å². The van der Waals surface area contributed by atoms with Crippen molar-refractivity contribution in [3.8, 4) is 11.5 Å². The SMILES string of the molecule is COc1cc(Br)c(CCNC(=O)c2ccc(Cl)cc2)cc1OC. The predicted octanol–water partition coefficient (Wildman–Crippen LogP) is 4.09. The van der Waals surface area contributed by atoms with E-state index in [0.717, 1.165) is 10.0 Å². The van der Waals surface area contributed by atoms with E-state index in [2.05, 4.69) is 21.2 Å². The lowest BCUT2D eigenvalue weighted by Gasteiger charge is -2.12. The highest BCUT2D eigenvalue weighted by Gasteiger charge is 2.10. The fourth-order valence-corrected chi connectivity index (χ4v) is 2.75. The van der Waals surface area contributed by atoms with Crippen molar-refractivity contribution in [3.63, 3.8) is 0 Å². The van der Waals surface area contributed by atoms with Crippen LogP contribution in [0.3, 0.4) is 0 Å². The summed E-state index contributed by atoms with van der Waals surface area (Å²) in [7, 11) is 3.19. The van der Waals surface area contributed by atoms with Gasteiger partial charge < -0.3 is 14.8 Å². The maximum absolute atomic E-state index is 12.0. The molecule has 23 heavy (non-hydrogen) atoms. The molecule has 0 atom stereocenters. The van der Waals surface area contributed by atoms with Crippen LogP contribution in [0.1, 0.15) is 15.9 Å².